The second-order valence-corrected chi connectivity index (χ2v) is 10.3. The zero-order valence-electron chi connectivity index (χ0n) is 14.9. The summed E-state index contributed by atoms with van der Waals surface area (Å²) in [6.07, 6.45) is 6.40. The Morgan fingerprint density at radius 3 is 2.85 bits per heavy atom. The van der Waals surface area contributed by atoms with E-state index >= 15 is 0 Å². The molecule has 1 aromatic heterocycles. The third kappa shape index (κ3) is 4.39. The molecule has 2 amide bonds. The summed E-state index contributed by atoms with van der Waals surface area (Å²) in [5.74, 6) is 0. The van der Waals surface area contributed by atoms with Crippen LogP contribution in [-0.4, -0.2) is 48.8 Å². The Hall–Kier alpha value is -1.16. The van der Waals surface area contributed by atoms with E-state index in [0.717, 1.165) is 35.6 Å². The van der Waals surface area contributed by atoms with Crippen LogP contribution in [-0.2, 0) is 0 Å². The SMILES string of the molecule is CC1(C)SC(=S)N(/N=C/c2cccs2)C1N(O)C(=O)NC1CCCCC1. The van der Waals surface area contributed by atoms with Crippen LogP contribution in [0.5, 0.6) is 0 Å². The fourth-order valence-corrected chi connectivity index (χ4v) is 5.68. The summed E-state index contributed by atoms with van der Waals surface area (Å²) in [6, 6.07) is 3.53. The third-order valence-corrected chi connectivity index (χ3v) is 6.96. The van der Waals surface area contributed by atoms with Gasteiger partial charge in [-0.2, -0.15) is 10.2 Å². The summed E-state index contributed by atoms with van der Waals surface area (Å²) < 4.78 is 0.0556. The smallest absolute Gasteiger partial charge is 0.333 e. The van der Waals surface area contributed by atoms with Crippen LogP contribution in [0, 0.1) is 0 Å². The molecule has 6 nitrogen and oxygen atoms in total. The standard InChI is InChI=1S/C17H24N4O2S3/c1-17(2)14(21(23)15(22)19-12-7-4-3-5-8-12)20(16(24)26-17)18-11-13-9-6-10-25-13/h6,9-12,14,23H,3-5,7-8H2,1-2H3,(H,19,22)/b18-11+. The summed E-state index contributed by atoms with van der Waals surface area (Å²) >= 11 is 8.44. The van der Waals surface area contributed by atoms with Gasteiger partial charge < -0.3 is 5.32 Å². The van der Waals surface area contributed by atoms with Crippen molar-refractivity contribution >= 4 is 51.9 Å². The Morgan fingerprint density at radius 1 is 1.46 bits per heavy atom. The number of nitrogens with one attached hydrogen (secondary N) is 1. The van der Waals surface area contributed by atoms with Crippen LogP contribution < -0.4 is 5.32 Å². The van der Waals surface area contributed by atoms with Crippen molar-refractivity contribution in [1.82, 2.24) is 15.4 Å². The van der Waals surface area contributed by atoms with Crippen molar-refractivity contribution in [2.45, 2.75) is 62.9 Å². The molecule has 2 aliphatic rings. The van der Waals surface area contributed by atoms with E-state index in [0.29, 0.717) is 4.32 Å². The molecular formula is C17H24N4O2S3. The zero-order chi connectivity index (χ0) is 18.7. The molecule has 0 aromatic carbocycles. The topological polar surface area (TPSA) is 68.2 Å². The average molecular weight is 413 g/mol. The van der Waals surface area contributed by atoms with E-state index in [4.69, 9.17) is 12.2 Å². The van der Waals surface area contributed by atoms with E-state index in [1.807, 2.05) is 31.4 Å². The number of hydrogen-bond donors (Lipinski definition) is 2. The fraction of sp³-hybridized carbons (Fsp3) is 0.588. The lowest BCUT2D eigenvalue weighted by Gasteiger charge is -2.35. The predicted molar refractivity (Wildman–Crippen MR) is 111 cm³/mol. The maximum Gasteiger partial charge on any atom is 0.343 e. The molecule has 1 saturated heterocycles. The minimum atomic E-state index is -0.667. The van der Waals surface area contributed by atoms with Crippen molar-refractivity contribution < 1.29 is 10.0 Å². The molecule has 1 aliphatic carbocycles. The van der Waals surface area contributed by atoms with Crippen molar-refractivity contribution in [3.8, 4) is 0 Å². The van der Waals surface area contributed by atoms with E-state index in [9.17, 15) is 10.0 Å². The van der Waals surface area contributed by atoms with Crippen molar-refractivity contribution in [3.05, 3.63) is 22.4 Å². The van der Waals surface area contributed by atoms with Gasteiger partial charge in [-0.15, -0.1) is 11.3 Å². The molecule has 142 valence electrons. The van der Waals surface area contributed by atoms with Gasteiger partial charge in [0.15, 0.2) is 10.5 Å². The lowest BCUT2D eigenvalue weighted by molar-refractivity contribution is -0.119. The number of hydrazone groups is 1. The highest BCUT2D eigenvalue weighted by atomic mass is 32.2. The molecule has 26 heavy (non-hydrogen) atoms. The molecule has 0 bridgehead atoms. The number of urea groups is 1. The number of amides is 2. The van der Waals surface area contributed by atoms with E-state index in [2.05, 4.69) is 10.4 Å². The summed E-state index contributed by atoms with van der Waals surface area (Å²) in [5, 5.41) is 22.3. The van der Waals surface area contributed by atoms with Crippen molar-refractivity contribution in [2.24, 2.45) is 5.10 Å². The van der Waals surface area contributed by atoms with Gasteiger partial charge in [0.2, 0.25) is 0 Å². The molecule has 1 saturated carbocycles. The summed E-state index contributed by atoms with van der Waals surface area (Å²) in [5.41, 5.74) is 0. The van der Waals surface area contributed by atoms with Gasteiger partial charge in [-0.3, -0.25) is 5.21 Å². The first-order valence-electron chi connectivity index (χ1n) is 8.77. The molecular weight excluding hydrogens is 388 g/mol. The summed E-state index contributed by atoms with van der Waals surface area (Å²) in [6.45, 7) is 3.90. The largest absolute Gasteiger partial charge is 0.343 e. The first-order chi connectivity index (χ1) is 12.4. The Balaban J connectivity index is 1.74. The maximum atomic E-state index is 12.6. The van der Waals surface area contributed by atoms with Crippen molar-refractivity contribution in [1.29, 1.82) is 0 Å². The van der Waals surface area contributed by atoms with Crippen LogP contribution in [0.3, 0.4) is 0 Å². The highest BCUT2D eigenvalue weighted by Crippen LogP contribution is 2.42. The molecule has 3 rings (SSSR count). The number of carbonyl (C=O) groups excluding carboxylic acids is 1. The quantitative estimate of drug-likeness (QED) is 0.335. The summed E-state index contributed by atoms with van der Waals surface area (Å²) in [4.78, 5) is 13.6. The highest BCUT2D eigenvalue weighted by molar-refractivity contribution is 8.24. The molecule has 1 aliphatic heterocycles. The van der Waals surface area contributed by atoms with Crippen LogP contribution in [0.4, 0.5) is 4.79 Å². The third-order valence-electron chi connectivity index (χ3n) is 4.62. The van der Waals surface area contributed by atoms with Crippen LogP contribution in [0.1, 0.15) is 50.8 Å². The van der Waals surface area contributed by atoms with Gasteiger partial charge in [0, 0.05) is 10.9 Å². The predicted octanol–water partition coefficient (Wildman–Crippen LogP) is 4.25. The van der Waals surface area contributed by atoms with Crippen molar-refractivity contribution in [2.75, 3.05) is 0 Å². The van der Waals surface area contributed by atoms with Gasteiger partial charge in [0.25, 0.3) is 0 Å². The molecule has 1 unspecified atom stereocenters. The molecule has 1 atom stereocenters. The Labute approximate surface area is 167 Å². The minimum Gasteiger partial charge on any atom is -0.333 e. The van der Waals surface area contributed by atoms with E-state index < -0.39 is 16.9 Å². The number of hydroxylamine groups is 2. The van der Waals surface area contributed by atoms with Crippen LogP contribution in [0.25, 0.3) is 0 Å². The lowest BCUT2D eigenvalue weighted by atomic mass is 9.96. The van der Waals surface area contributed by atoms with E-state index in [-0.39, 0.29) is 6.04 Å². The minimum absolute atomic E-state index is 0.123. The highest BCUT2D eigenvalue weighted by Gasteiger charge is 2.50. The number of carbonyl (C=O) groups is 1. The second-order valence-electron chi connectivity index (χ2n) is 7.08. The van der Waals surface area contributed by atoms with Crippen molar-refractivity contribution in [3.63, 3.8) is 0 Å². The Morgan fingerprint density at radius 2 is 2.19 bits per heavy atom. The normalized spacial score (nSPS) is 23.6. The molecule has 2 fully saturated rings. The van der Waals surface area contributed by atoms with Crippen LogP contribution in [0.2, 0.25) is 0 Å². The number of thioether (sulfide) groups is 1. The van der Waals surface area contributed by atoms with E-state index in [1.54, 1.807) is 22.6 Å². The molecule has 0 radical (unpaired) electrons. The fourth-order valence-electron chi connectivity index (χ4n) is 3.31. The summed E-state index contributed by atoms with van der Waals surface area (Å²) in [7, 11) is 0. The zero-order valence-corrected chi connectivity index (χ0v) is 17.4. The van der Waals surface area contributed by atoms with Gasteiger partial charge in [-0.05, 0) is 38.1 Å². The van der Waals surface area contributed by atoms with Crippen LogP contribution >= 0.6 is 35.3 Å². The number of hydrogen-bond acceptors (Lipinski definition) is 6. The molecule has 0 spiro atoms. The first kappa shape index (κ1) is 19.6. The van der Waals surface area contributed by atoms with Gasteiger partial charge in [-0.1, -0.05) is 49.3 Å². The number of nitrogens with zero attached hydrogens (tertiary/aromatic N) is 3. The number of thiophene rings is 1. The first-order valence-corrected chi connectivity index (χ1v) is 10.9. The van der Waals surface area contributed by atoms with Gasteiger partial charge >= 0.3 is 6.03 Å². The Kier molecular flexibility index (Phi) is 6.21. The van der Waals surface area contributed by atoms with Gasteiger partial charge in [0.05, 0.1) is 11.0 Å². The lowest BCUT2D eigenvalue weighted by Crippen LogP contribution is -2.57. The number of thiocarbonyl (C=S) groups is 1. The molecule has 2 heterocycles. The molecule has 1 aromatic rings. The monoisotopic (exact) mass is 412 g/mol. The maximum absolute atomic E-state index is 12.6. The Bertz CT molecular complexity index is 672. The van der Waals surface area contributed by atoms with Gasteiger partial charge in [-0.25, -0.2) is 9.80 Å². The molecule has 2 N–H and O–H groups in total. The average Bonchev–Trinajstić information content (AvgIpc) is 3.18. The van der Waals surface area contributed by atoms with E-state index in [1.165, 1.54) is 18.2 Å². The second kappa shape index (κ2) is 8.24. The van der Waals surface area contributed by atoms with Crippen LogP contribution in [0.15, 0.2) is 22.6 Å². The number of rotatable bonds is 4. The van der Waals surface area contributed by atoms with Gasteiger partial charge in [0.1, 0.15) is 0 Å². The molecule has 9 heteroatoms.